The number of carbonyl (C=O) groups is 3. The molecule has 0 aliphatic heterocycles. The Kier molecular flexibility index (Phi) is 6.86. The Bertz CT molecular complexity index is 730. The summed E-state index contributed by atoms with van der Waals surface area (Å²) in [5, 5.41) is 16.0. The molecule has 0 heterocycles. The molecule has 1 aliphatic carbocycles. The number of hydrogen-bond donors (Lipinski definition) is 2. The molecule has 2 amide bonds. The van der Waals surface area contributed by atoms with Gasteiger partial charge < -0.3 is 15.4 Å². The summed E-state index contributed by atoms with van der Waals surface area (Å²) in [6.07, 6.45) is 3.00. The van der Waals surface area contributed by atoms with Crippen molar-refractivity contribution in [2.24, 2.45) is 0 Å². The Labute approximate surface area is 156 Å². The largest absolute Gasteiger partial charge is 0.451 e. The highest BCUT2D eigenvalue weighted by Crippen LogP contribution is 2.18. The number of nitrogens with one attached hydrogen (secondary N) is 2. The van der Waals surface area contributed by atoms with E-state index in [1.807, 2.05) is 0 Å². The lowest BCUT2D eigenvalue weighted by Crippen LogP contribution is -2.45. The molecule has 1 aromatic carbocycles. The van der Waals surface area contributed by atoms with Crippen molar-refractivity contribution in [1.82, 2.24) is 10.6 Å². The van der Waals surface area contributed by atoms with Gasteiger partial charge in [-0.05, 0) is 32.8 Å². The van der Waals surface area contributed by atoms with Crippen LogP contribution in [0.1, 0.15) is 49.9 Å². The van der Waals surface area contributed by atoms with Crippen molar-refractivity contribution < 1.29 is 24.0 Å². The summed E-state index contributed by atoms with van der Waals surface area (Å²) in [4.78, 5) is 46.5. The third-order valence-electron chi connectivity index (χ3n) is 4.38. The van der Waals surface area contributed by atoms with Gasteiger partial charge in [-0.25, -0.2) is 4.79 Å². The van der Waals surface area contributed by atoms with Gasteiger partial charge in [0, 0.05) is 23.7 Å². The fourth-order valence-corrected chi connectivity index (χ4v) is 2.82. The number of nitro benzene ring substituents is 1. The number of esters is 1. The third-order valence-corrected chi connectivity index (χ3v) is 4.38. The molecule has 0 spiro atoms. The highest BCUT2D eigenvalue weighted by molar-refractivity contribution is 5.97. The van der Waals surface area contributed by atoms with E-state index in [9.17, 15) is 24.5 Å². The molecule has 2 rings (SSSR count). The SMILES string of the molecule is C[C@@H](NC(=O)c1cccc([N+](=O)[O-])c1)C(=O)O[C@H](C)C(=O)NC1CCCC1. The Morgan fingerprint density at radius 3 is 2.52 bits per heavy atom. The minimum Gasteiger partial charge on any atom is -0.451 e. The fraction of sp³-hybridized carbons (Fsp3) is 0.500. The van der Waals surface area contributed by atoms with Crippen LogP contribution in [0, 0.1) is 10.1 Å². The summed E-state index contributed by atoms with van der Waals surface area (Å²) < 4.78 is 5.11. The van der Waals surface area contributed by atoms with Gasteiger partial charge >= 0.3 is 5.97 Å². The molecule has 27 heavy (non-hydrogen) atoms. The fourth-order valence-electron chi connectivity index (χ4n) is 2.82. The van der Waals surface area contributed by atoms with Crippen LogP contribution in [0.5, 0.6) is 0 Å². The first kappa shape index (κ1) is 20.3. The molecular weight excluding hydrogens is 354 g/mol. The molecule has 1 saturated carbocycles. The van der Waals surface area contributed by atoms with E-state index in [0.29, 0.717) is 0 Å². The van der Waals surface area contributed by atoms with Gasteiger partial charge in [-0.2, -0.15) is 0 Å². The van der Waals surface area contributed by atoms with E-state index in [2.05, 4.69) is 10.6 Å². The molecule has 0 bridgehead atoms. The first-order valence-electron chi connectivity index (χ1n) is 8.84. The zero-order valence-electron chi connectivity index (χ0n) is 15.3. The number of nitrogens with zero attached hydrogens (tertiary/aromatic N) is 1. The van der Waals surface area contributed by atoms with Gasteiger partial charge in [0.05, 0.1) is 4.92 Å². The van der Waals surface area contributed by atoms with E-state index in [4.69, 9.17) is 4.74 Å². The predicted octanol–water partition coefficient (Wildman–Crippen LogP) is 1.70. The monoisotopic (exact) mass is 377 g/mol. The predicted molar refractivity (Wildman–Crippen MR) is 96.0 cm³/mol. The van der Waals surface area contributed by atoms with Gasteiger partial charge in [0.2, 0.25) is 0 Å². The number of rotatable bonds is 7. The van der Waals surface area contributed by atoms with Gasteiger partial charge in [0.25, 0.3) is 17.5 Å². The Balaban J connectivity index is 1.86. The van der Waals surface area contributed by atoms with E-state index in [-0.39, 0.29) is 23.2 Å². The lowest BCUT2D eigenvalue weighted by Gasteiger charge is -2.19. The molecule has 9 nitrogen and oxygen atoms in total. The van der Waals surface area contributed by atoms with Crippen molar-refractivity contribution in [3.63, 3.8) is 0 Å². The van der Waals surface area contributed by atoms with Crippen LogP contribution in [-0.4, -0.2) is 40.9 Å². The van der Waals surface area contributed by atoms with Crippen molar-refractivity contribution in [1.29, 1.82) is 0 Å². The van der Waals surface area contributed by atoms with Gasteiger partial charge in [0.15, 0.2) is 6.10 Å². The van der Waals surface area contributed by atoms with Crippen molar-refractivity contribution in [2.75, 3.05) is 0 Å². The lowest BCUT2D eigenvalue weighted by atomic mass is 10.2. The summed E-state index contributed by atoms with van der Waals surface area (Å²) in [5.41, 5.74) is -0.175. The van der Waals surface area contributed by atoms with Gasteiger partial charge in [-0.15, -0.1) is 0 Å². The third kappa shape index (κ3) is 5.77. The van der Waals surface area contributed by atoms with Crippen molar-refractivity contribution in [3.8, 4) is 0 Å². The van der Waals surface area contributed by atoms with Crippen LogP contribution >= 0.6 is 0 Å². The second kappa shape index (κ2) is 9.11. The number of hydrogen-bond acceptors (Lipinski definition) is 6. The topological polar surface area (TPSA) is 128 Å². The molecule has 1 aromatic rings. The summed E-state index contributed by atoms with van der Waals surface area (Å²) in [5.74, 6) is -1.78. The smallest absolute Gasteiger partial charge is 0.329 e. The molecule has 9 heteroatoms. The van der Waals surface area contributed by atoms with Crippen LogP contribution in [-0.2, 0) is 14.3 Å². The molecule has 0 aromatic heterocycles. The zero-order valence-corrected chi connectivity index (χ0v) is 15.3. The van der Waals surface area contributed by atoms with Crippen LogP contribution in [0.25, 0.3) is 0 Å². The minimum absolute atomic E-state index is 0.0517. The Hall–Kier alpha value is -2.97. The number of amides is 2. The summed E-state index contributed by atoms with van der Waals surface area (Å²) in [6.45, 7) is 2.89. The van der Waals surface area contributed by atoms with Crippen molar-refractivity contribution in [3.05, 3.63) is 39.9 Å². The molecule has 2 N–H and O–H groups in total. The molecule has 0 saturated heterocycles. The van der Waals surface area contributed by atoms with Crippen LogP contribution < -0.4 is 10.6 Å². The van der Waals surface area contributed by atoms with E-state index in [1.54, 1.807) is 0 Å². The molecule has 2 atom stereocenters. The summed E-state index contributed by atoms with van der Waals surface area (Å²) in [7, 11) is 0. The van der Waals surface area contributed by atoms with Crippen LogP contribution in [0.2, 0.25) is 0 Å². The average molecular weight is 377 g/mol. The summed E-state index contributed by atoms with van der Waals surface area (Å²) in [6, 6.07) is 4.26. The van der Waals surface area contributed by atoms with Crippen LogP contribution in [0.15, 0.2) is 24.3 Å². The molecule has 0 unspecified atom stereocenters. The quantitative estimate of drug-likeness (QED) is 0.423. The van der Waals surface area contributed by atoms with Gasteiger partial charge in [-0.1, -0.05) is 18.9 Å². The Morgan fingerprint density at radius 2 is 1.89 bits per heavy atom. The first-order chi connectivity index (χ1) is 12.8. The zero-order chi connectivity index (χ0) is 20.0. The number of nitro groups is 1. The van der Waals surface area contributed by atoms with E-state index >= 15 is 0 Å². The minimum atomic E-state index is -1.02. The highest BCUT2D eigenvalue weighted by Gasteiger charge is 2.26. The number of ether oxygens (including phenoxy) is 1. The summed E-state index contributed by atoms with van der Waals surface area (Å²) >= 11 is 0. The van der Waals surface area contributed by atoms with Crippen molar-refractivity contribution >= 4 is 23.5 Å². The number of carbonyl (C=O) groups excluding carboxylic acids is 3. The van der Waals surface area contributed by atoms with Crippen molar-refractivity contribution in [2.45, 2.75) is 57.7 Å². The van der Waals surface area contributed by atoms with E-state index in [1.165, 1.54) is 32.0 Å². The maximum atomic E-state index is 12.2. The maximum Gasteiger partial charge on any atom is 0.329 e. The van der Waals surface area contributed by atoms with E-state index < -0.39 is 28.9 Å². The molecule has 1 aliphatic rings. The first-order valence-corrected chi connectivity index (χ1v) is 8.84. The molecular formula is C18H23N3O6. The van der Waals surface area contributed by atoms with Gasteiger partial charge in [-0.3, -0.25) is 19.7 Å². The van der Waals surface area contributed by atoms with Crippen LogP contribution in [0.3, 0.4) is 0 Å². The number of benzene rings is 1. The molecule has 0 radical (unpaired) electrons. The van der Waals surface area contributed by atoms with Gasteiger partial charge in [0.1, 0.15) is 6.04 Å². The molecule has 146 valence electrons. The van der Waals surface area contributed by atoms with E-state index in [0.717, 1.165) is 31.7 Å². The standard InChI is InChI=1S/C18H23N3O6/c1-11(19-17(23)13-6-5-9-15(10-13)21(25)26)18(24)27-12(2)16(22)20-14-7-3-4-8-14/h5-6,9-12,14H,3-4,7-8H2,1-2H3,(H,19,23)(H,20,22)/t11-,12-/m1/s1. The lowest BCUT2D eigenvalue weighted by molar-refractivity contribution is -0.384. The average Bonchev–Trinajstić information content (AvgIpc) is 3.14. The normalized spacial score (nSPS) is 16.2. The van der Waals surface area contributed by atoms with Crippen LogP contribution in [0.4, 0.5) is 5.69 Å². The second-order valence-corrected chi connectivity index (χ2v) is 6.57. The molecule has 1 fully saturated rings. The highest BCUT2D eigenvalue weighted by atomic mass is 16.6. The second-order valence-electron chi connectivity index (χ2n) is 6.57. The number of non-ortho nitro benzene ring substituents is 1. The Morgan fingerprint density at radius 1 is 1.22 bits per heavy atom. The maximum absolute atomic E-state index is 12.2.